The van der Waals surface area contributed by atoms with Crippen LogP contribution in [0.3, 0.4) is 0 Å². The summed E-state index contributed by atoms with van der Waals surface area (Å²) in [6, 6.07) is 23.2. The summed E-state index contributed by atoms with van der Waals surface area (Å²) < 4.78 is 12.2. The summed E-state index contributed by atoms with van der Waals surface area (Å²) in [5.41, 5.74) is 0.746. The Bertz CT molecular complexity index is 1230. The minimum absolute atomic E-state index is 0.0926. The van der Waals surface area contributed by atoms with Gasteiger partial charge >= 0.3 is 5.97 Å². The van der Waals surface area contributed by atoms with Gasteiger partial charge in [0.1, 0.15) is 11.5 Å². The molecular formula is C24H20N2O4. The predicted octanol–water partition coefficient (Wildman–Crippen LogP) is 4.06. The van der Waals surface area contributed by atoms with Crippen molar-refractivity contribution >= 4 is 16.7 Å². The second kappa shape index (κ2) is 8.61. The SMILES string of the molecule is CCOc1ccc(OC(=O)c2nn(Cc3ccccc3)c(=O)c3ccccc23)cc1. The number of carbonyl (C=O) groups excluding carboxylic acids is 1. The van der Waals surface area contributed by atoms with E-state index in [0.717, 1.165) is 5.56 Å². The summed E-state index contributed by atoms with van der Waals surface area (Å²) >= 11 is 0. The van der Waals surface area contributed by atoms with Crippen LogP contribution in [-0.2, 0) is 6.54 Å². The van der Waals surface area contributed by atoms with E-state index in [-0.39, 0.29) is 17.8 Å². The van der Waals surface area contributed by atoms with E-state index in [1.165, 1.54) is 4.68 Å². The largest absolute Gasteiger partial charge is 0.494 e. The van der Waals surface area contributed by atoms with Crippen LogP contribution in [-0.4, -0.2) is 22.4 Å². The van der Waals surface area contributed by atoms with Crippen LogP contribution in [0.15, 0.2) is 83.7 Å². The molecule has 0 amide bonds. The lowest BCUT2D eigenvalue weighted by atomic mass is 10.1. The van der Waals surface area contributed by atoms with Gasteiger partial charge in [0.15, 0.2) is 5.69 Å². The van der Waals surface area contributed by atoms with Crippen LogP contribution in [0.2, 0.25) is 0 Å². The fourth-order valence-corrected chi connectivity index (χ4v) is 3.18. The van der Waals surface area contributed by atoms with E-state index < -0.39 is 5.97 Å². The highest BCUT2D eigenvalue weighted by Gasteiger charge is 2.19. The lowest BCUT2D eigenvalue weighted by Crippen LogP contribution is -2.27. The summed E-state index contributed by atoms with van der Waals surface area (Å²) in [5, 5.41) is 5.22. The predicted molar refractivity (Wildman–Crippen MR) is 114 cm³/mol. The van der Waals surface area contributed by atoms with Crippen molar-refractivity contribution in [2.24, 2.45) is 0 Å². The first-order chi connectivity index (χ1) is 14.7. The Morgan fingerprint density at radius 1 is 0.867 bits per heavy atom. The number of rotatable bonds is 6. The summed E-state index contributed by atoms with van der Waals surface area (Å²) in [5.74, 6) is 0.435. The van der Waals surface area contributed by atoms with E-state index in [1.54, 1.807) is 48.5 Å². The Kier molecular flexibility index (Phi) is 5.57. The van der Waals surface area contributed by atoms with Gasteiger partial charge in [0, 0.05) is 5.39 Å². The van der Waals surface area contributed by atoms with Crippen LogP contribution in [0.5, 0.6) is 11.5 Å². The van der Waals surface area contributed by atoms with Crippen LogP contribution >= 0.6 is 0 Å². The molecule has 4 aromatic rings. The van der Waals surface area contributed by atoms with Crippen LogP contribution in [0.1, 0.15) is 23.0 Å². The van der Waals surface area contributed by atoms with Gasteiger partial charge in [-0.05, 0) is 42.8 Å². The van der Waals surface area contributed by atoms with Crippen LogP contribution < -0.4 is 15.0 Å². The second-order valence-electron chi connectivity index (χ2n) is 6.64. The summed E-state index contributed by atoms with van der Waals surface area (Å²) in [7, 11) is 0. The molecule has 6 nitrogen and oxygen atoms in total. The first-order valence-corrected chi connectivity index (χ1v) is 9.64. The van der Waals surface area contributed by atoms with E-state index in [2.05, 4.69) is 5.10 Å². The minimum atomic E-state index is -0.628. The number of esters is 1. The number of hydrogen-bond donors (Lipinski definition) is 0. The number of benzene rings is 3. The molecule has 1 aromatic heterocycles. The number of ether oxygens (including phenoxy) is 2. The standard InChI is InChI=1S/C24H20N2O4/c1-2-29-18-12-14-19(15-13-18)30-24(28)22-20-10-6-7-11-21(20)23(27)26(25-22)16-17-8-4-3-5-9-17/h3-15H,2,16H2,1H3. The molecule has 1 heterocycles. The lowest BCUT2D eigenvalue weighted by molar-refractivity contribution is 0.0728. The third-order valence-corrected chi connectivity index (χ3v) is 4.58. The minimum Gasteiger partial charge on any atom is -0.494 e. The topological polar surface area (TPSA) is 70.4 Å². The van der Waals surface area contributed by atoms with Crippen molar-refractivity contribution < 1.29 is 14.3 Å². The van der Waals surface area contributed by atoms with Crippen molar-refractivity contribution in [3.63, 3.8) is 0 Å². The van der Waals surface area contributed by atoms with Gasteiger partial charge in [-0.3, -0.25) is 4.79 Å². The number of fused-ring (bicyclic) bond motifs is 1. The number of aromatic nitrogens is 2. The molecule has 0 saturated heterocycles. The Labute approximate surface area is 173 Å². The van der Waals surface area contributed by atoms with Crippen LogP contribution in [0.25, 0.3) is 10.8 Å². The summed E-state index contributed by atoms with van der Waals surface area (Å²) in [6.07, 6.45) is 0. The Balaban J connectivity index is 1.71. The molecule has 0 aliphatic heterocycles. The number of carbonyl (C=O) groups is 1. The smallest absolute Gasteiger partial charge is 0.364 e. The highest BCUT2D eigenvalue weighted by atomic mass is 16.5. The number of nitrogens with zero attached hydrogens (tertiary/aromatic N) is 2. The molecule has 0 unspecified atom stereocenters. The Morgan fingerprint density at radius 3 is 2.20 bits per heavy atom. The molecule has 30 heavy (non-hydrogen) atoms. The van der Waals surface area contributed by atoms with Crippen molar-refractivity contribution in [3.8, 4) is 11.5 Å². The van der Waals surface area contributed by atoms with Gasteiger partial charge in [-0.15, -0.1) is 0 Å². The van der Waals surface area contributed by atoms with Gasteiger partial charge in [-0.1, -0.05) is 48.5 Å². The van der Waals surface area contributed by atoms with Gasteiger partial charge < -0.3 is 9.47 Å². The molecule has 0 atom stereocenters. The third-order valence-electron chi connectivity index (χ3n) is 4.58. The molecule has 0 fully saturated rings. The monoisotopic (exact) mass is 400 g/mol. The summed E-state index contributed by atoms with van der Waals surface area (Å²) in [4.78, 5) is 25.8. The fourth-order valence-electron chi connectivity index (χ4n) is 3.18. The molecule has 3 aromatic carbocycles. The zero-order valence-electron chi connectivity index (χ0n) is 16.4. The lowest BCUT2D eigenvalue weighted by Gasteiger charge is -2.11. The van der Waals surface area contributed by atoms with E-state index >= 15 is 0 Å². The maximum absolute atomic E-state index is 12.9. The molecule has 0 bridgehead atoms. The molecular weight excluding hydrogens is 380 g/mol. The highest BCUT2D eigenvalue weighted by molar-refractivity contribution is 6.02. The van der Waals surface area contributed by atoms with Crippen molar-refractivity contribution in [2.45, 2.75) is 13.5 Å². The van der Waals surface area contributed by atoms with Crippen molar-refractivity contribution in [1.29, 1.82) is 0 Å². The molecule has 4 rings (SSSR count). The summed E-state index contributed by atoms with van der Waals surface area (Å²) in [6.45, 7) is 2.71. The Morgan fingerprint density at radius 2 is 1.50 bits per heavy atom. The van der Waals surface area contributed by atoms with Gasteiger partial charge in [0.25, 0.3) is 5.56 Å². The molecule has 0 spiro atoms. The zero-order valence-corrected chi connectivity index (χ0v) is 16.4. The zero-order chi connectivity index (χ0) is 20.9. The first-order valence-electron chi connectivity index (χ1n) is 9.64. The maximum Gasteiger partial charge on any atom is 0.364 e. The molecule has 0 aliphatic rings. The van der Waals surface area contributed by atoms with Crippen LogP contribution in [0.4, 0.5) is 0 Å². The second-order valence-corrected chi connectivity index (χ2v) is 6.64. The van der Waals surface area contributed by atoms with Crippen molar-refractivity contribution in [2.75, 3.05) is 6.61 Å². The van der Waals surface area contributed by atoms with E-state index in [1.807, 2.05) is 37.3 Å². The van der Waals surface area contributed by atoms with Crippen molar-refractivity contribution in [1.82, 2.24) is 9.78 Å². The molecule has 150 valence electrons. The van der Waals surface area contributed by atoms with Gasteiger partial charge in [-0.25, -0.2) is 9.48 Å². The van der Waals surface area contributed by atoms with Gasteiger partial charge in [0.2, 0.25) is 0 Å². The molecule has 0 N–H and O–H groups in total. The van der Waals surface area contributed by atoms with Crippen LogP contribution in [0, 0.1) is 0 Å². The average molecular weight is 400 g/mol. The quantitative estimate of drug-likeness (QED) is 0.361. The Hall–Kier alpha value is -3.93. The molecule has 0 aliphatic carbocycles. The van der Waals surface area contributed by atoms with E-state index in [4.69, 9.17) is 9.47 Å². The highest BCUT2D eigenvalue weighted by Crippen LogP contribution is 2.20. The first kappa shape index (κ1) is 19.4. The molecule has 0 saturated carbocycles. The average Bonchev–Trinajstić information content (AvgIpc) is 2.78. The van der Waals surface area contributed by atoms with E-state index in [9.17, 15) is 9.59 Å². The molecule has 0 radical (unpaired) electrons. The third kappa shape index (κ3) is 4.07. The van der Waals surface area contributed by atoms with Crippen molar-refractivity contribution in [3.05, 3.63) is 100 Å². The van der Waals surface area contributed by atoms with E-state index in [0.29, 0.717) is 28.9 Å². The number of hydrogen-bond acceptors (Lipinski definition) is 5. The fraction of sp³-hybridized carbons (Fsp3) is 0.125. The molecule has 6 heteroatoms. The van der Waals surface area contributed by atoms with Gasteiger partial charge in [0.05, 0.1) is 18.5 Å². The van der Waals surface area contributed by atoms with Gasteiger partial charge in [-0.2, -0.15) is 5.10 Å². The maximum atomic E-state index is 12.9. The normalized spacial score (nSPS) is 10.7.